The van der Waals surface area contributed by atoms with Crippen LogP contribution in [0.3, 0.4) is 0 Å². The fourth-order valence-electron chi connectivity index (χ4n) is 1.90. The maximum atomic E-state index is 12.2. The lowest BCUT2D eigenvalue weighted by Gasteiger charge is -2.07. The number of nitrogens with one attached hydrogen (secondary N) is 1. The van der Waals surface area contributed by atoms with Crippen LogP contribution in [0.5, 0.6) is 0 Å². The predicted octanol–water partition coefficient (Wildman–Crippen LogP) is 2.92. The topological polar surface area (TPSA) is 63.2 Å². The Morgan fingerprint density at radius 1 is 1.18 bits per heavy atom. The van der Waals surface area contributed by atoms with Crippen molar-refractivity contribution in [2.75, 3.05) is 12.3 Å². The van der Waals surface area contributed by atoms with E-state index in [0.717, 1.165) is 6.42 Å². The molecule has 0 saturated heterocycles. The third-order valence-corrected chi connectivity index (χ3v) is 6.19. The molecule has 0 atom stereocenters. The maximum Gasteiger partial charge on any atom is 0.221 e. The molecule has 1 amide bonds. The molecule has 0 bridgehead atoms. The fraction of sp³-hybridized carbons (Fsp3) is 0.267. The fourth-order valence-corrected chi connectivity index (χ4v) is 4.42. The van der Waals surface area contributed by atoms with Gasteiger partial charge in [0.05, 0.1) is 15.7 Å². The summed E-state index contributed by atoms with van der Waals surface area (Å²) in [4.78, 5) is 13.0. The molecule has 0 spiro atoms. The van der Waals surface area contributed by atoms with Gasteiger partial charge in [0.1, 0.15) is 0 Å². The van der Waals surface area contributed by atoms with Crippen LogP contribution in [0.25, 0.3) is 0 Å². The molecule has 2 aromatic rings. The quantitative estimate of drug-likeness (QED) is 0.828. The van der Waals surface area contributed by atoms with Crippen molar-refractivity contribution in [3.05, 3.63) is 51.7 Å². The molecule has 1 aromatic carbocycles. The van der Waals surface area contributed by atoms with E-state index < -0.39 is 9.84 Å². The molecular formula is C15H16ClNO3S2. The lowest BCUT2D eigenvalue weighted by molar-refractivity contribution is -0.120. The summed E-state index contributed by atoms with van der Waals surface area (Å²) in [5.41, 5.74) is 0. The molecule has 0 aliphatic rings. The van der Waals surface area contributed by atoms with Gasteiger partial charge in [0.15, 0.2) is 9.84 Å². The van der Waals surface area contributed by atoms with Gasteiger partial charge in [-0.1, -0.05) is 29.8 Å². The van der Waals surface area contributed by atoms with Crippen molar-refractivity contribution < 1.29 is 13.2 Å². The van der Waals surface area contributed by atoms with Gasteiger partial charge in [0, 0.05) is 17.8 Å². The molecule has 1 aromatic heterocycles. The smallest absolute Gasteiger partial charge is 0.221 e. The minimum Gasteiger partial charge on any atom is -0.356 e. The molecule has 0 aliphatic heterocycles. The molecular weight excluding hydrogens is 342 g/mol. The van der Waals surface area contributed by atoms with Gasteiger partial charge in [-0.15, -0.1) is 11.3 Å². The number of rotatable bonds is 7. The molecule has 4 nitrogen and oxygen atoms in total. The van der Waals surface area contributed by atoms with Gasteiger partial charge < -0.3 is 5.32 Å². The van der Waals surface area contributed by atoms with Crippen LogP contribution in [0.1, 0.15) is 11.3 Å². The number of hydrogen-bond donors (Lipinski definition) is 1. The van der Waals surface area contributed by atoms with Crippen molar-refractivity contribution >= 4 is 38.7 Å². The summed E-state index contributed by atoms with van der Waals surface area (Å²) < 4.78 is 24.3. The van der Waals surface area contributed by atoms with E-state index in [9.17, 15) is 13.2 Å². The first-order valence-corrected chi connectivity index (χ1v) is 9.66. The van der Waals surface area contributed by atoms with Crippen molar-refractivity contribution in [3.63, 3.8) is 0 Å². The van der Waals surface area contributed by atoms with Crippen LogP contribution in [0, 0.1) is 0 Å². The van der Waals surface area contributed by atoms with E-state index in [1.807, 2.05) is 17.5 Å². The normalized spacial score (nSPS) is 11.3. The van der Waals surface area contributed by atoms with E-state index in [4.69, 9.17) is 11.6 Å². The van der Waals surface area contributed by atoms with E-state index in [0.29, 0.717) is 6.54 Å². The Bertz CT molecular complexity index is 727. The first-order chi connectivity index (χ1) is 10.5. The number of sulfone groups is 1. The van der Waals surface area contributed by atoms with Gasteiger partial charge in [-0.3, -0.25) is 4.79 Å². The highest BCUT2D eigenvalue weighted by Crippen LogP contribution is 2.22. The van der Waals surface area contributed by atoms with Crippen LogP contribution in [0.4, 0.5) is 0 Å². The summed E-state index contributed by atoms with van der Waals surface area (Å²) in [6.45, 7) is 0.505. The average molecular weight is 358 g/mol. The van der Waals surface area contributed by atoms with Crippen LogP contribution < -0.4 is 5.32 Å². The lowest BCUT2D eigenvalue weighted by atomic mass is 10.3. The second kappa shape index (κ2) is 7.76. The number of carbonyl (C=O) groups is 1. The van der Waals surface area contributed by atoms with E-state index >= 15 is 0 Å². The maximum absolute atomic E-state index is 12.2. The molecule has 2 rings (SSSR count). The predicted molar refractivity (Wildman–Crippen MR) is 89.2 cm³/mol. The molecule has 7 heteroatoms. The van der Waals surface area contributed by atoms with Crippen molar-refractivity contribution in [1.29, 1.82) is 0 Å². The highest BCUT2D eigenvalue weighted by molar-refractivity contribution is 7.91. The molecule has 0 fully saturated rings. The number of thiophene rings is 1. The van der Waals surface area contributed by atoms with Crippen LogP contribution in [-0.2, 0) is 21.1 Å². The van der Waals surface area contributed by atoms with Gasteiger partial charge in [-0.25, -0.2) is 8.42 Å². The zero-order chi connectivity index (χ0) is 16.0. The lowest BCUT2D eigenvalue weighted by Crippen LogP contribution is -2.27. The molecule has 0 unspecified atom stereocenters. The third-order valence-electron chi connectivity index (χ3n) is 3.04. The van der Waals surface area contributed by atoms with E-state index in [1.165, 1.54) is 17.0 Å². The van der Waals surface area contributed by atoms with Gasteiger partial charge in [0.25, 0.3) is 0 Å². The first-order valence-electron chi connectivity index (χ1n) is 6.75. The van der Waals surface area contributed by atoms with E-state index in [2.05, 4.69) is 5.32 Å². The highest BCUT2D eigenvalue weighted by atomic mass is 35.5. The third kappa shape index (κ3) is 4.83. The van der Waals surface area contributed by atoms with Crippen molar-refractivity contribution in [1.82, 2.24) is 5.32 Å². The number of halogens is 1. The summed E-state index contributed by atoms with van der Waals surface area (Å²) in [7, 11) is -3.54. The Labute approximate surface area is 139 Å². The number of carbonyl (C=O) groups excluding carboxylic acids is 1. The molecule has 22 heavy (non-hydrogen) atoms. The molecule has 1 heterocycles. The van der Waals surface area contributed by atoms with E-state index in [-0.39, 0.29) is 28.0 Å². The van der Waals surface area contributed by atoms with Gasteiger partial charge >= 0.3 is 0 Å². The standard InChI is InChI=1S/C15H16ClNO3S2/c16-13-5-1-2-6-14(13)22(19,20)11-8-15(18)17-9-7-12-4-3-10-21-12/h1-6,10H,7-9,11H2,(H,17,18). The molecule has 0 radical (unpaired) electrons. The SMILES string of the molecule is O=C(CCS(=O)(=O)c1ccccc1Cl)NCCc1cccs1. The monoisotopic (exact) mass is 357 g/mol. The summed E-state index contributed by atoms with van der Waals surface area (Å²) in [6.07, 6.45) is 0.679. The second-order valence-electron chi connectivity index (χ2n) is 4.68. The molecule has 118 valence electrons. The first kappa shape index (κ1) is 17.0. The molecule has 0 aliphatic carbocycles. The Balaban J connectivity index is 1.81. The van der Waals surface area contributed by atoms with Crippen molar-refractivity contribution in [2.45, 2.75) is 17.7 Å². The summed E-state index contributed by atoms with van der Waals surface area (Å²) >= 11 is 7.52. The number of benzene rings is 1. The van der Waals surface area contributed by atoms with Gasteiger partial charge in [-0.05, 0) is 30.0 Å². The minimum atomic E-state index is -3.54. The summed E-state index contributed by atoms with van der Waals surface area (Å²) in [5.74, 6) is -0.520. The van der Waals surface area contributed by atoms with Crippen LogP contribution in [0.15, 0.2) is 46.7 Å². The number of amides is 1. The van der Waals surface area contributed by atoms with Crippen LogP contribution >= 0.6 is 22.9 Å². The minimum absolute atomic E-state index is 0.0714. The Morgan fingerprint density at radius 3 is 2.64 bits per heavy atom. The highest BCUT2D eigenvalue weighted by Gasteiger charge is 2.18. The van der Waals surface area contributed by atoms with Crippen molar-refractivity contribution in [3.8, 4) is 0 Å². The zero-order valence-electron chi connectivity index (χ0n) is 11.8. The van der Waals surface area contributed by atoms with Gasteiger partial charge in [-0.2, -0.15) is 0 Å². The largest absolute Gasteiger partial charge is 0.356 e. The second-order valence-corrected chi connectivity index (χ2v) is 8.20. The van der Waals surface area contributed by atoms with Crippen LogP contribution in [0.2, 0.25) is 5.02 Å². The van der Waals surface area contributed by atoms with Crippen molar-refractivity contribution in [2.24, 2.45) is 0 Å². The van der Waals surface area contributed by atoms with Crippen LogP contribution in [-0.4, -0.2) is 26.6 Å². The molecule has 0 saturated carbocycles. The Morgan fingerprint density at radius 2 is 1.95 bits per heavy atom. The summed E-state index contributed by atoms with van der Waals surface area (Å²) in [5, 5.41) is 4.89. The van der Waals surface area contributed by atoms with Gasteiger partial charge in [0.2, 0.25) is 5.91 Å². The molecule has 1 N–H and O–H groups in total. The Kier molecular flexibility index (Phi) is 5.99. The Hall–Kier alpha value is -1.37. The zero-order valence-corrected chi connectivity index (χ0v) is 14.2. The number of hydrogen-bond acceptors (Lipinski definition) is 4. The van der Waals surface area contributed by atoms with E-state index in [1.54, 1.807) is 23.5 Å². The average Bonchev–Trinajstić information content (AvgIpc) is 2.99. The summed E-state index contributed by atoms with van der Waals surface area (Å²) in [6, 6.07) is 10.2.